The van der Waals surface area contributed by atoms with Gasteiger partial charge in [0.15, 0.2) is 6.61 Å². The molecule has 4 rings (SSSR count). The maximum absolute atomic E-state index is 13.2. The van der Waals surface area contributed by atoms with E-state index >= 15 is 0 Å². The molecule has 0 saturated carbocycles. The summed E-state index contributed by atoms with van der Waals surface area (Å²) in [5.41, 5.74) is 3.01. The van der Waals surface area contributed by atoms with Gasteiger partial charge in [-0.2, -0.15) is 0 Å². The summed E-state index contributed by atoms with van der Waals surface area (Å²) < 4.78 is 20.8. The third-order valence-corrected chi connectivity index (χ3v) is 4.54. The Morgan fingerprint density at radius 1 is 1.00 bits per heavy atom. The van der Waals surface area contributed by atoms with Gasteiger partial charge in [0.05, 0.1) is 0 Å². The Morgan fingerprint density at radius 3 is 2.63 bits per heavy atom. The summed E-state index contributed by atoms with van der Waals surface area (Å²) in [6, 6.07) is 19.8. The number of aromatic nitrogens is 1. The third-order valence-electron chi connectivity index (χ3n) is 4.54. The van der Waals surface area contributed by atoms with E-state index in [1.165, 1.54) is 17.6 Å². The topological polar surface area (TPSA) is 43.3 Å². The van der Waals surface area contributed by atoms with E-state index < -0.39 is 5.82 Å². The van der Waals surface area contributed by atoms with Gasteiger partial charge in [-0.05, 0) is 43.3 Å². The molecule has 3 aromatic carbocycles. The number of nitrogens with zero attached hydrogens (tertiary/aromatic N) is 1. The van der Waals surface area contributed by atoms with Crippen LogP contribution in [0.3, 0.4) is 0 Å². The van der Waals surface area contributed by atoms with Crippen LogP contribution in [-0.2, 0) is 11.3 Å². The minimum Gasteiger partial charge on any atom is -0.484 e. The maximum Gasteiger partial charge on any atom is 0.262 e. The number of benzene rings is 3. The SMILES string of the molecule is CCn1c2ccccc2c2cc(NC(=O)COc3cccc(F)c3)ccc21. The van der Waals surface area contributed by atoms with Crippen molar-refractivity contribution in [1.82, 2.24) is 4.57 Å². The quantitative estimate of drug-likeness (QED) is 0.545. The van der Waals surface area contributed by atoms with Crippen molar-refractivity contribution in [2.75, 3.05) is 11.9 Å². The van der Waals surface area contributed by atoms with Crippen LogP contribution in [0.15, 0.2) is 66.7 Å². The molecule has 5 heteroatoms. The predicted octanol–water partition coefficient (Wildman–Crippen LogP) is 4.97. The zero-order chi connectivity index (χ0) is 18.8. The van der Waals surface area contributed by atoms with Crippen molar-refractivity contribution < 1.29 is 13.9 Å². The molecule has 0 saturated heterocycles. The monoisotopic (exact) mass is 362 g/mol. The average molecular weight is 362 g/mol. The molecule has 0 aliphatic carbocycles. The number of carbonyl (C=O) groups is 1. The van der Waals surface area contributed by atoms with E-state index in [0.717, 1.165) is 22.8 Å². The normalized spacial score (nSPS) is 11.0. The number of amides is 1. The highest BCUT2D eigenvalue weighted by atomic mass is 19.1. The number of nitrogens with one attached hydrogen (secondary N) is 1. The summed E-state index contributed by atoms with van der Waals surface area (Å²) in [7, 11) is 0. The number of ether oxygens (including phenoxy) is 1. The van der Waals surface area contributed by atoms with E-state index in [-0.39, 0.29) is 12.5 Å². The van der Waals surface area contributed by atoms with Crippen molar-refractivity contribution in [3.05, 3.63) is 72.5 Å². The van der Waals surface area contributed by atoms with Crippen LogP contribution in [0.5, 0.6) is 5.75 Å². The number of para-hydroxylation sites is 1. The van der Waals surface area contributed by atoms with Crippen molar-refractivity contribution in [3.63, 3.8) is 0 Å². The molecule has 0 bridgehead atoms. The van der Waals surface area contributed by atoms with Gasteiger partial charge in [0.2, 0.25) is 0 Å². The second kappa shape index (κ2) is 7.11. The lowest BCUT2D eigenvalue weighted by molar-refractivity contribution is -0.118. The van der Waals surface area contributed by atoms with Crippen molar-refractivity contribution in [2.45, 2.75) is 13.5 Å². The summed E-state index contributed by atoms with van der Waals surface area (Å²) in [5.74, 6) is -0.366. The first-order chi connectivity index (χ1) is 13.2. The lowest BCUT2D eigenvalue weighted by Crippen LogP contribution is -2.20. The van der Waals surface area contributed by atoms with Gasteiger partial charge in [-0.3, -0.25) is 4.79 Å². The van der Waals surface area contributed by atoms with Gasteiger partial charge in [-0.1, -0.05) is 24.3 Å². The third kappa shape index (κ3) is 3.36. The first-order valence-corrected chi connectivity index (χ1v) is 8.85. The van der Waals surface area contributed by atoms with Gasteiger partial charge >= 0.3 is 0 Å². The summed E-state index contributed by atoms with van der Waals surface area (Å²) in [6.07, 6.45) is 0. The van der Waals surface area contributed by atoms with Gasteiger partial charge in [-0.15, -0.1) is 0 Å². The number of anilines is 1. The highest BCUT2D eigenvalue weighted by Gasteiger charge is 2.11. The summed E-state index contributed by atoms with van der Waals surface area (Å²) >= 11 is 0. The molecule has 4 aromatic rings. The van der Waals surface area contributed by atoms with Crippen LogP contribution in [0.4, 0.5) is 10.1 Å². The molecule has 1 N–H and O–H groups in total. The summed E-state index contributed by atoms with van der Waals surface area (Å²) in [6.45, 7) is 2.81. The molecule has 27 heavy (non-hydrogen) atoms. The number of aryl methyl sites for hydroxylation is 1. The predicted molar refractivity (Wildman–Crippen MR) is 106 cm³/mol. The number of rotatable bonds is 5. The maximum atomic E-state index is 13.2. The number of hydrogen-bond donors (Lipinski definition) is 1. The van der Waals surface area contributed by atoms with Crippen LogP contribution in [0, 0.1) is 5.82 Å². The van der Waals surface area contributed by atoms with Crippen LogP contribution >= 0.6 is 0 Å². The van der Waals surface area contributed by atoms with Crippen molar-refractivity contribution in [2.24, 2.45) is 0 Å². The Labute approximate surface area is 156 Å². The largest absolute Gasteiger partial charge is 0.484 e. The lowest BCUT2D eigenvalue weighted by atomic mass is 10.1. The minimum absolute atomic E-state index is 0.182. The second-order valence-electron chi connectivity index (χ2n) is 6.29. The molecule has 1 heterocycles. The standard InChI is InChI=1S/C22H19FN2O2/c1-2-25-20-9-4-3-8-18(20)19-13-16(10-11-21(19)25)24-22(26)14-27-17-7-5-6-15(23)12-17/h3-13H,2,14H2,1H3,(H,24,26). The van der Waals surface area contributed by atoms with E-state index in [1.54, 1.807) is 12.1 Å². The van der Waals surface area contributed by atoms with Crippen LogP contribution in [0.1, 0.15) is 6.92 Å². The molecular formula is C22H19FN2O2. The molecule has 0 spiro atoms. The van der Waals surface area contributed by atoms with Crippen LogP contribution in [-0.4, -0.2) is 17.1 Å². The molecule has 1 aromatic heterocycles. The van der Waals surface area contributed by atoms with Gasteiger partial charge in [0.25, 0.3) is 5.91 Å². The average Bonchev–Trinajstić information content (AvgIpc) is 2.99. The molecule has 0 fully saturated rings. The molecule has 0 unspecified atom stereocenters. The summed E-state index contributed by atoms with van der Waals surface area (Å²) in [5, 5.41) is 5.09. The number of carbonyl (C=O) groups excluding carboxylic acids is 1. The van der Waals surface area contributed by atoms with Crippen molar-refractivity contribution in [1.29, 1.82) is 0 Å². The summed E-state index contributed by atoms with van der Waals surface area (Å²) in [4.78, 5) is 12.2. The van der Waals surface area contributed by atoms with Crippen LogP contribution < -0.4 is 10.1 Å². The Balaban J connectivity index is 1.55. The van der Waals surface area contributed by atoms with Gasteiger partial charge in [0, 0.05) is 40.1 Å². The molecule has 4 nitrogen and oxygen atoms in total. The first-order valence-electron chi connectivity index (χ1n) is 8.85. The van der Waals surface area contributed by atoms with Crippen LogP contribution in [0.2, 0.25) is 0 Å². The Bertz CT molecular complexity index is 1130. The van der Waals surface area contributed by atoms with E-state index in [4.69, 9.17) is 4.74 Å². The minimum atomic E-state index is -0.398. The molecule has 0 aliphatic heterocycles. The molecule has 0 atom stereocenters. The lowest BCUT2D eigenvalue weighted by Gasteiger charge is -2.08. The van der Waals surface area contributed by atoms with Gasteiger partial charge in [0.1, 0.15) is 11.6 Å². The van der Waals surface area contributed by atoms with E-state index in [1.807, 2.05) is 30.3 Å². The fourth-order valence-corrected chi connectivity index (χ4v) is 3.37. The van der Waals surface area contributed by atoms with E-state index in [0.29, 0.717) is 11.4 Å². The smallest absolute Gasteiger partial charge is 0.262 e. The first kappa shape index (κ1) is 17.1. The highest BCUT2D eigenvalue weighted by Crippen LogP contribution is 2.30. The highest BCUT2D eigenvalue weighted by molar-refractivity contribution is 6.09. The molecule has 1 amide bonds. The Kier molecular flexibility index (Phi) is 4.50. The van der Waals surface area contributed by atoms with Gasteiger partial charge < -0.3 is 14.6 Å². The fraction of sp³-hybridized carbons (Fsp3) is 0.136. The molecule has 136 valence electrons. The number of fused-ring (bicyclic) bond motifs is 3. The van der Waals surface area contributed by atoms with Gasteiger partial charge in [-0.25, -0.2) is 4.39 Å². The van der Waals surface area contributed by atoms with E-state index in [2.05, 4.69) is 28.9 Å². The van der Waals surface area contributed by atoms with Crippen molar-refractivity contribution in [3.8, 4) is 5.75 Å². The Morgan fingerprint density at radius 2 is 1.81 bits per heavy atom. The molecule has 0 radical (unpaired) electrons. The second-order valence-corrected chi connectivity index (χ2v) is 6.29. The number of halogens is 1. The van der Waals surface area contributed by atoms with Crippen molar-refractivity contribution >= 4 is 33.4 Å². The fourth-order valence-electron chi connectivity index (χ4n) is 3.37. The van der Waals surface area contributed by atoms with E-state index in [9.17, 15) is 9.18 Å². The zero-order valence-corrected chi connectivity index (χ0v) is 14.9. The molecule has 0 aliphatic rings. The van der Waals surface area contributed by atoms with Crippen LogP contribution in [0.25, 0.3) is 21.8 Å². The number of hydrogen-bond acceptors (Lipinski definition) is 2. The Hall–Kier alpha value is -3.34. The molecular weight excluding hydrogens is 343 g/mol. The zero-order valence-electron chi connectivity index (χ0n) is 14.9.